The van der Waals surface area contributed by atoms with Gasteiger partial charge in [-0.05, 0) is 0 Å². The van der Waals surface area contributed by atoms with Crippen LogP contribution < -0.4 is 88.7 Å². The Labute approximate surface area is 152 Å². The van der Waals surface area contributed by atoms with Crippen LogP contribution in [0.5, 0.6) is 0 Å². The van der Waals surface area contributed by atoms with Gasteiger partial charge in [0.1, 0.15) is 0 Å². The van der Waals surface area contributed by atoms with Gasteiger partial charge in [-0.15, -0.1) is 0 Å². The molecule has 8 N–H and O–H groups in total. The van der Waals surface area contributed by atoms with Gasteiger partial charge in [0, 0.05) is 0 Å². The fourth-order valence-corrected chi connectivity index (χ4v) is 0. The van der Waals surface area contributed by atoms with Crippen LogP contribution in [0.25, 0.3) is 0 Å². The Kier molecular flexibility index (Phi) is 747. The molecular formula is H13CaNa3O4. The molecule has 0 rings (SSSR count). The fourth-order valence-electron chi connectivity index (χ4n) is 0. The van der Waals surface area contributed by atoms with E-state index < -0.39 is 0 Å². The van der Waals surface area contributed by atoms with Crippen LogP contribution in [-0.2, 0) is 0 Å². The monoisotopic (exact) mass is 186 g/mol. The Morgan fingerprint density at radius 2 is 0.500 bits per heavy atom. The third-order valence-corrected chi connectivity index (χ3v) is 0. The van der Waals surface area contributed by atoms with Crippen LogP contribution in [0, 0.1) is 0 Å². The molecule has 0 saturated carbocycles. The molecule has 0 spiro atoms. The minimum atomic E-state index is 0. The number of hydrogen-bond donors (Lipinski definition) is 0. The summed E-state index contributed by atoms with van der Waals surface area (Å²) in [5.41, 5.74) is 0. The van der Waals surface area contributed by atoms with Crippen molar-refractivity contribution in [1.82, 2.24) is 0 Å². The van der Waals surface area contributed by atoms with Crippen LogP contribution in [0.2, 0.25) is 0 Å². The molecule has 0 saturated heterocycles. The quantitative estimate of drug-likeness (QED) is 0.333. The predicted molar refractivity (Wildman–Crippen MR) is 25.8 cm³/mol. The molecule has 8 heavy (non-hydrogen) atoms. The van der Waals surface area contributed by atoms with Crippen LogP contribution >= 0.6 is 0 Å². The first kappa shape index (κ1) is 88.7. The maximum Gasteiger partial charge on any atom is 2.00 e. The van der Waals surface area contributed by atoms with Crippen LogP contribution in [0.1, 0.15) is 7.13 Å². The average Bonchev–Trinajstić information content (AvgIpc) is 0. The molecule has 0 aromatic heterocycles. The van der Waals surface area contributed by atoms with Crippen molar-refractivity contribution in [2.75, 3.05) is 0 Å². The van der Waals surface area contributed by atoms with E-state index in [0.29, 0.717) is 0 Å². The van der Waals surface area contributed by atoms with E-state index in [1.54, 1.807) is 0 Å². The minimum Gasteiger partial charge on any atom is -1.00 e. The summed E-state index contributed by atoms with van der Waals surface area (Å²) in [7, 11) is 0. The first-order valence-corrected chi connectivity index (χ1v) is 0. The molecule has 0 amide bonds. The third kappa shape index (κ3) is 49.8. The second-order valence-electron chi connectivity index (χ2n) is 0. The van der Waals surface area contributed by atoms with Gasteiger partial charge in [-0.3, -0.25) is 0 Å². The second kappa shape index (κ2) is 67.4. The van der Waals surface area contributed by atoms with E-state index in [9.17, 15) is 0 Å². The van der Waals surface area contributed by atoms with Crippen molar-refractivity contribution in [3.05, 3.63) is 0 Å². The third-order valence-electron chi connectivity index (χ3n) is 0. The maximum absolute atomic E-state index is 0. The summed E-state index contributed by atoms with van der Waals surface area (Å²) < 4.78 is 0. The minimum absolute atomic E-state index is 0. The largest absolute Gasteiger partial charge is 2.00 e. The van der Waals surface area contributed by atoms with Crippen LogP contribution in [0.3, 0.4) is 0 Å². The van der Waals surface area contributed by atoms with E-state index in [-0.39, 0.29) is 155 Å². The van der Waals surface area contributed by atoms with Crippen LogP contribution in [-0.4, -0.2) is 59.6 Å². The second-order valence-corrected chi connectivity index (χ2v) is 0. The van der Waals surface area contributed by atoms with Crippen molar-refractivity contribution in [1.29, 1.82) is 0 Å². The van der Waals surface area contributed by atoms with Crippen molar-refractivity contribution in [2.24, 2.45) is 0 Å². The first-order valence-electron chi connectivity index (χ1n) is 0. The van der Waals surface area contributed by atoms with Crippen molar-refractivity contribution >= 4 is 37.7 Å². The predicted octanol–water partition coefficient (Wildman–Crippen LogP) is -12.1. The Bertz CT molecular complexity index is 23.7. The molecule has 0 bridgehead atoms. The molecule has 42 valence electrons. The molecule has 4 nitrogen and oxygen atoms in total. The van der Waals surface area contributed by atoms with E-state index in [2.05, 4.69) is 0 Å². The summed E-state index contributed by atoms with van der Waals surface area (Å²) in [4.78, 5) is 0. The van der Waals surface area contributed by atoms with Gasteiger partial charge >= 0.3 is 126 Å². The zero-order valence-corrected chi connectivity index (χ0v) is 13.9. The standard InChI is InChI=1S/Ca.3Na.4H2O.5H/h;;;;4*1H2;;;;;/q+2;3*+1;;;;;5*-1. The van der Waals surface area contributed by atoms with E-state index in [1.165, 1.54) is 0 Å². The summed E-state index contributed by atoms with van der Waals surface area (Å²) in [6.07, 6.45) is 0. The maximum atomic E-state index is 0. The molecule has 0 aliphatic carbocycles. The molecule has 0 atom stereocenters. The van der Waals surface area contributed by atoms with E-state index in [1.807, 2.05) is 0 Å². The molecule has 0 aromatic rings. The Morgan fingerprint density at radius 1 is 0.500 bits per heavy atom. The summed E-state index contributed by atoms with van der Waals surface area (Å²) in [5, 5.41) is 0. The average molecular weight is 186 g/mol. The molecule has 8 heteroatoms. The van der Waals surface area contributed by atoms with Gasteiger partial charge in [0.25, 0.3) is 0 Å². The zero-order valence-electron chi connectivity index (χ0n) is 10.7. The van der Waals surface area contributed by atoms with Gasteiger partial charge < -0.3 is 29.0 Å². The van der Waals surface area contributed by atoms with Gasteiger partial charge in [-0.2, -0.15) is 0 Å². The van der Waals surface area contributed by atoms with Gasteiger partial charge in [0.2, 0.25) is 0 Å². The van der Waals surface area contributed by atoms with Gasteiger partial charge in [0.05, 0.1) is 0 Å². The zero-order chi connectivity index (χ0) is 0. The molecule has 0 fully saturated rings. The van der Waals surface area contributed by atoms with Crippen molar-refractivity contribution < 1.29 is 118 Å². The molecule has 0 aromatic carbocycles. The summed E-state index contributed by atoms with van der Waals surface area (Å²) in [6.45, 7) is 0. The first-order chi connectivity index (χ1) is 0. The summed E-state index contributed by atoms with van der Waals surface area (Å²) >= 11 is 0. The molecule has 0 radical (unpaired) electrons. The van der Waals surface area contributed by atoms with E-state index in [4.69, 9.17) is 0 Å². The van der Waals surface area contributed by atoms with Gasteiger partial charge in [-0.1, -0.05) is 0 Å². The SMILES string of the molecule is O.O.O.O.[Ca+2].[H-].[H-].[H-].[H-].[H-].[Na+].[Na+].[Na+]. The van der Waals surface area contributed by atoms with Gasteiger partial charge in [0.15, 0.2) is 0 Å². The van der Waals surface area contributed by atoms with Crippen molar-refractivity contribution in [3.63, 3.8) is 0 Å². The topological polar surface area (TPSA) is 126 Å². The Morgan fingerprint density at radius 3 is 0.500 bits per heavy atom. The molecule has 0 aliphatic heterocycles. The van der Waals surface area contributed by atoms with Crippen LogP contribution in [0.15, 0.2) is 0 Å². The Balaban J connectivity index is 0. The van der Waals surface area contributed by atoms with Crippen LogP contribution in [0.4, 0.5) is 0 Å². The summed E-state index contributed by atoms with van der Waals surface area (Å²) in [6, 6.07) is 0. The van der Waals surface area contributed by atoms with Gasteiger partial charge in [-0.25, -0.2) is 0 Å². The fraction of sp³-hybridized carbons (Fsp3) is 0. The van der Waals surface area contributed by atoms with Crippen molar-refractivity contribution in [3.8, 4) is 0 Å². The smallest absolute Gasteiger partial charge is 1.00 e. The van der Waals surface area contributed by atoms with Crippen molar-refractivity contribution in [2.45, 2.75) is 0 Å². The van der Waals surface area contributed by atoms with E-state index in [0.717, 1.165) is 0 Å². The normalized spacial score (nSPS) is 0. The molecule has 0 heterocycles. The molecular weight excluding hydrogens is 173 g/mol. The molecule has 0 aliphatic rings. The number of hydrogen-bond acceptors (Lipinski definition) is 0. The Hall–Kier alpha value is 4.10. The summed E-state index contributed by atoms with van der Waals surface area (Å²) in [5.74, 6) is 0. The number of rotatable bonds is 0. The van der Waals surface area contributed by atoms with E-state index >= 15 is 0 Å². The molecule has 0 unspecified atom stereocenters.